The Morgan fingerprint density at radius 1 is 0.957 bits per heavy atom. The number of morpholine rings is 1. The van der Waals surface area contributed by atoms with E-state index in [1.807, 2.05) is 44.2 Å². The molecular weight excluding hydrogens is 609 g/mol. The molecule has 1 atom stereocenters. The number of nitrogens with one attached hydrogen (secondary N) is 1. The minimum absolute atomic E-state index is 0.0512. The van der Waals surface area contributed by atoms with Crippen molar-refractivity contribution in [3.05, 3.63) is 101 Å². The molecule has 1 fully saturated rings. The molecule has 2 amide bonds. The van der Waals surface area contributed by atoms with Crippen LogP contribution in [0.25, 0.3) is 0 Å². The third-order valence-corrected chi connectivity index (χ3v) is 8.52. The van der Waals surface area contributed by atoms with Crippen molar-refractivity contribution in [1.82, 2.24) is 14.9 Å². The maximum Gasteiger partial charge on any atom is 0.251 e. The fourth-order valence-corrected chi connectivity index (χ4v) is 6.28. The van der Waals surface area contributed by atoms with Crippen LogP contribution in [0.3, 0.4) is 0 Å². The maximum absolute atomic E-state index is 15.0. The van der Waals surface area contributed by atoms with Crippen molar-refractivity contribution in [3.8, 4) is 11.5 Å². The molecular formula is C34H34FN5O5S. The molecule has 1 N–H and O–H groups in total. The predicted octanol–water partition coefficient (Wildman–Crippen LogP) is 5.30. The number of thioether (sulfide) groups is 1. The van der Waals surface area contributed by atoms with Crippen LogP contribution in [0.1, 0.15) is 28.6 Å². The summed E-state index contributed by atoms with van der Waals surface area (Å²) in [7, 11) is 0. The van der Waals surface area contributed by atoms with Gasteiger partial charge in [0, 0.05) is 48.0 Å². The van der Waals surface area contributed by atoms with E-state index in [1.54, 1.807) is 36.4 Å². The molecule has 0 bridgehead atoms. The van der Waals surface area contributed by atoms with Gasteiger partial charge in [0.25, 0.3) is 5.91 Å². The molecule has 6 rings (SSSR count). The number of halogens is 1. The Bertz CT molecular complexity index is 1700. The highest BCUT2D eigenvalue weighted by atomic mass is 32.2. The first-order valence-electron chi connectivity index (χ1n) is 15.0. The van der Waals surface area contributed by atoms with Gasteiger partial charge in [0.2, 0.25) is 12.7 Å². The normalized spacial score (nSPS) is 14.5. The van der Waals surface area contributed by atoms with Crippen molar-refractivity contribution in [2.45, 2.75) is 31.6 Å². The number of amides is 2. The fraction of sp³-hybridized carbons (Fsp3) is 0.294. The van der Waals surface area contributed by atoms with Gasteiger partial charge in [-0.1, -0.05) is 36.0 Å². The lowest BCUT2D eigenvalue weighted by atomic mass is 10.0. The second-order valence-electron chi connectivity index (χ2n) is 11.0. The summed E-state index contributed by atoms with van der Waals surface area (Å²) in [6.07, 6.45) is 0. The van der Waals surface area contributed by atoms with E-state index in [0.717, 1.165) is 30.2 Å². The molecule has 238 valence electrons. The van der Waals surface area contributed by atoms with Crippen LogP contribution in [0, 0.1) is 19.7 Å². The van der Waals surface area contributed by atoms with E-state index in [0.29, 0.717) is 41.1 Å². The molecule has 46 heavy (non-hydrogen) atoms. The number of rotatable bonds is 10. The Labute approximate surface area is 270 Å². The maximum atomic E-state index is 15.0. The molecule has 0 aliphatic carbocycles. The molecule has 1 saturated heterocycles. The Kier molecular flexibility index (Phi) is 9.65. The van der Waals surface area contributed by atoms with E-state index in [9.17, 15) is 9.59 Å². The molecule has 0 spiro atoms. The Morgan fingerprint density at radius 3 is 2.41 bits per heavy atom. The minimum atomic E-state index is -1.14. The second-order valence-corrected chi connectivity index (χ2v) is 11.9. The highest BCUT2D eigenvalue weighted by Gasteiger charge is 2.34. The summed E-state index contributed by atoms with van der Waals surface area (Å²) in [5.41, 5.74) is 3.91. The Morgan fingerprint density at radius 2 is 1.67 bits per heavy atom. The number of anilines is 2. The Balaban J connectivity index is 1.33. The minimum Gasteiger partial charge on any atom is -0.454 e. The molecule has 12 heteroatoms. The van der Waals surface area contributed by atoms with Gasteiger partial charge in [0.05, 0.1) is 19.0 Å². The van der Waals surface area contributed by atoms with Crippen molar-refractivity contribution in [1.29, 1.82) is 0 Å². The van der Waals surface area contributed by atoms with E-state index in [2.05, 4.69) is 20.2 Å². The average Bonchev–Trinajstić information content (AvgIpc) is 3.53. The lowest BCUT2D eigenvalue weighted by molar-refractivity contribution is -0.137. The largest absolute Gasteiger partial charge is 0.454 e. The summed E-state index contributed by atoms with van der Waals surface area (Å²) in [6.45, 7) is 6.52. The number of hydrogen-bond donors (Lipinski definition) is 1. The summed E-state index contributed by atoms with van der Waals surface area (Å²) in [6, 6.07) is 19.6. The SMILES string of the molecule is Cc1cc(C)nc(SCC(=O)N(Cc2ccccc2F)C(C(=O)Nc2ccc(N3CCOCC3)cc2)c2ccc3c(c2)OCO3)n1. The fourth-order valence-electron chi connectivity index (χ4n) is 5.44. The van der Waals surface area contributed by atoms with Crippen LogP contribution < -0.4 is 19.7 Å². The first-order valence-corrected chi connectivity index (χ1v) is 15.9. The molecule has 1 aromatic heterocycles. The van der Waals surface area contributed by atoms with E-state index >= 15 is 4.39 Å². The first kappa shape index (κ1) is 31.3. The van der Waals surface area contributed by atoms with E-state index in [1.165, 1.54) is 22.7 Å². The number of ether oxygens (including phenoxy) is 3. The van der Waals surface area contributed by atoms with Gasteiger partial charge in [0.1, 0.15) is 11.9 Å². The summed E-state index contributed by atoms with van der Waals surface area (Å²) in [5.74, 6) is -0.404. The van der Waals surface area contributed by atoms with Crippen molar-refractivity contribution >= 4 is 35.0 Å². The van der Waals surface area contributed by atoms with Crippen LogP contribution >= 0.6 is 11.8 Å². The number of carbonyl (C=O) groups is 2. The topological polar surface area (TPSA) is 106 Å². The van der Waals surface area contributed by atoms with Gasteiger partial charge in [0.15, 0.2) is 16.7 Å². The molecule has 2 aliphatic heterocycles. The summed E-state index contributed by atoms with van der Waals surface area (Å²) >= 11 is 1.17. The monoisotopic (exact) mass is 643 g/mol. The number of nitrogens with zero attached hydrogens (tertiary/aromatic N) is 4. The van der Waals surface area contributed by atoms with Crippen molar-refractivity contribution in [2.75, 3.05) is 49.1 Å². The zero-order valence-corrected chi connectivity index (χ0v) is 26.4. The van der Waals surface area contributed by atoms with Gasteiger partial charge in [-0.2, -0.15) is 0 Å². The zero-order chi connectivity index (χ0) is 32.0. The highest BCUT2D eigenvalue weighted by molar-refractivity contribution is 7.99. The molecule has 1 unspecified atom stereocenters. The van der Waals surface area contributed by atoms with Gasteiger partial charge in [-0.3, -0.25) is 9.59 Å². The van der Waals surface area contributed by atoms with Gasteiger partial charge in [-0.15, -0.1) is 0 Å². The van der Waals surface area contributed by atoms with E-state index in [4.69, 9.17) is 14.2 Å². The number of benzene rings is 3. The first-order chi connectivity index (χ1) is 22.3. The molecule has 4 aromatic rings. The number of aromatic nitrogens is 2. The highest BCUT2D eigenvalue weighted by Crippen LogP contribution is 2.37. The number of aryl methyl sites for hydroxylation is 2. The average molecular weight is 644 g/mol. The molecule has 10 nitrogen and oxygen atoms in total. The molecule has 2 aliphatic rings. The van der Waals surface area contributed by atoms with Crippen LogP contribution in [0.5, 0.6) is 11.5 Å². The van der Waals surface area contributed by atoms with Crippen molar-refractivity contribution < 1.29 is 28.2 Å². The predicted molar refractivity (Wildman–Crippen MR) is 173 cm³/mol. The summed E-state index contributed by atoms with van der Waals surface area (Å²) in [4.78, 5) is 40.8. The van der Waals surface area contributed by atoms with E-state index in [-0.39, 0.29) is 24.7 Å². The third kappa shape index (κ3) is 7.40. The summed E-state index contributed by atoms with van der Waals surface area (Å²) in [5, 5.41) is 3.43. The summed E-state index contributed by atoms with van der Waals surface area (Å²) < 4.78 is 31.6. The number of fused-ring (bicyclic) bond motifs is 1. The van der Waals surface area contributed by atoms with Crippen LogP contribution in [0.2, 0.25) is 0 Å². The van der Waals surface area contributed by atoms with Crippen molar-refractivity contribution in [3.63, 3.8) is 0 Å². The van der Waals surface area contributed by atoms with E-state index < -0.39 is 23.7 Å². The van der Waals surface area contributed by atoms with Crippen LogP contribution in [-0.2, 0) is 20.9 Å². The van der Waals surface area contributed by atoms with Gasteiger partial charge < -0.3 is 29.3 Å². The van der Waals surface area contributed by atoms with Gasteiger partial charge in [-0.25, -0.2) is 14.4 Å². The number of hydrogen-bond acceptors (Lipinski definition) is 9. The standard InChI is InChI=1S/C34H34FN5O5S/c1-22-17-23(2)37-34(36-22)46-20-31(41)40(19-25-5-3-4-6-28(25)35)32(24-7-12-29-30(18-24)45-21-44-29)33(42)38-26-8-10-27(11-9-26)39-13-15-43-16-14-39/h3-12,17-18,32H,13-16,19-21H2,1-2H3,(H,38,42). The molecule has 3 aromatic carbocycles. The quantitative estimate of drug-likeness (QED) is 0.182. The lowest BCUT2D eigenvalue weighted by Crippen LogP contribution is -2.42. The molecule has 0 saturated carbocycles. The Hall–Kier alpha value is -4.68. The zero-order valence-electron chi connectivity index (χ0n) is 25.6. The number of carbonyl (C=O) groups excluding carboxylic acids is 2. The third-order valence-electron chi connectivity index (χ3n) is 7.69. The van der Waals surface area contributed by atoms with Crippen LogP contribution in [0.15, 0.2) is 78.0 Å². The van der Waals surface area contributed by atoms with Gasteiger partial charge >= 0.3 is 0 Å². The van der Waals surface area contributed by atoms with Crippen LogP contribution in [-0.4, -0.2) is 65.5 Å². The lowest BCUT2D eigenvalue weighted by Gasteiger charge is -2.32. The molecule has 0 radical (unpaired) electrons. The second kappa shape index (κ2) is 14.2. The van der Waals surface area contributed by atoms with Gasteiger partial charge in [-0.05, 0) is 67.9 Å². The molecule has 3 heterocycles. The van der Waals surface area contributed by atoms with Crippen molar-refractivity contribution in [2.24, 2.45) is 0 Å². The van der Waals surface area contributed by atoms with Crippen LogP contribution in [0.4, 0.5) is 15.8 Å². The smallest absolute Gasteiger partial charge is 0.251 e.